The third-order valence-corrected chi connectivity index (χ3v) is 5.74. The van der Waals surface area contributed by atoms with E-state index < -0.39 is 0 Å². The Kier molecular flexibility index (Phi) is 5.26. The summed E-state index contributed by atoms with van der Waals surface area (Å²) in [5, 5.41) is 21.6. The number of likely N-dealkylation sites (N-methyl/N-ethyl adjacent to an activating group) is 1. The second-order valence-electron chi connectivity index (χ2n) is 8.46. The van der Waals surface area contributed by atoms with Crippen LogP contribution in [0.2, 0.25) is 0 Å². The second kappa shape index (κ2) is 7.87. The molecule has 0 aliphatic carbocycles. The molecular weight excluding hydrogens is 380 g/mol. The van der Waals surface area contributed by atoms with Gasteiger partial charge >= 0.3 is 0 Å². The van der Waals surface area contributed by atoms with Gasteiger partial charge in [-0.05, 0) is 30.7 Å². The second-order valence-corrected chi connectivity index (χ2v) is 8.46. The van der Waals surface area contributed by atoms with Crippen LogP contribution in [0.5, 0.6) is 5.75 Å². The van der Waals surface area contributed by atoms with Gasteiger partial charge in [-0.1, -0.05) is 6.07 Å². The van der Waals surface area contributed by atoms with Crippen LogP contribution in [-0.4, -0.2) is 72.3 Å². The van der Waals surface area contributed by atoms with Crippen LogP contribution >= 0.6 is 0 Å². The molecule has 3 N–H and O–H groups in total. The van der Waals surface area contributed by atoms with Gasteiger partial charge in [0.2, 0.25) is 0 Å². The van der Waals surface area contributed by atoms with Crippen molar-refractivity contribution >= 4 is 34.7 Å². The van der Waals surface area contributed by atoms with Crippen molar-refractivity contribution in [2.75, 3.05) is 62.4 Å². The molecule has 1 fully saturated rings. The minimum Gasteiger partial charge on any atom is -0.508 e. The predicted molar refractivity (Wildman–Crippen MR) is 120 cm³/mol. The Bertz CT molecular complexity index is 1060. The van der Waals surface area contributed by atoms with E-state index in [9.17, 15) is 9.90 Å². The number of piperazine rings is 1. The van der Waals surface area contributed by atoms with Crippen molar-refractivity contribution in [2.45, 2.75) is 6.92 Å². The average Bonchev–Trinajstić information content (AvgIpc) is 3.08. The SMILES string of the molecule is Cc1cc(Nc2c(N3CC[N+](C)(C)CC3)nn3ccccc23)c(NCC=O)cc1O. The summed E-state index contributed by atoms with van der Waals surface area (Å²) in [7, 11) is 4.51. The summed E-state index contributed by atoms with van der Waals surface area (Å²) in [4.78, 5) is 13.2. The molecule has 0 radical (unpaired) electrons. The van der Waals surface area contributed by atoms with Crippen molar-refractivity contribution in [3.63, 3.8) is 0 Å². The number of aromatic nitrogens is 2. The molecule has 0 bridgehead atoms. The molecule has 8 nitrogen and oxygen atoms in total. The molecular formula is C22H29N6O2+. The maximum atomic E-state index is 10.9. The standard InChI is InChI=1S/C22H28N6O2/c1-16-14-18(17(15-20(16)30)23-7-13-29)24-21-19-6-4-5-8-27(19)25-22(21)26-9-11-28(2,3)12-10-26/h4-6,8,13-15,23-24H,7,9-12H2,1-3H3/p+1. The molecule has 0 amide bonds. The van der Waals surface area contributed by atoms with Gasteiger partial charge in [-0.25, -0.2) is 4.52 Å². The van der Waals surface area contributed by atoms with Gasteiger partial charge in [0.1, 0.15) is 17.7 Å². The molecule has 8 heteroatoms. The van der Waals surface area contributed by atoms with Crippen LogP contribution in [0.15, 0.2) is 36.5 Å². The number of hydrogen-bond acceptors (Lipinski definition) is 6. The molecule has 1 aliphatic heterocycles. The van der Waals surface area contributed by atoms with Crippen molar-refractivity contribution in [1.29, 1.82) is 0 Å². The van der Waals surface area contributed by atoms with Crippen LogP contribution in [0.25, 0.3) is 5.52 Å². The quantitative estimate of drug-likeness (QED) is 0.330. The lowest BCUT2D eigenvalue weighted by molar-refractivity contribution is -0.890. The molecule has 1 aromatic carbocycles. The number of aldehydes is 1. The number of carbonyl (C=O) groups excluding carboxylic acids is 1. The number of carbonyl (C=O) groups is 1. The van der Waals surface area contributed by atoms with Gasteiger partial charge < -0.3 is 29.9 Å². The lowest BCUT2D eigenvalue weighted by atomic mass is 10.1. The number of quaternary nitrogens is 1. The molecule has 4 rings (SSSR count). The van der Waals surface area contributed by atoms with E-state index in [0.29, 0.717) is 5.69 Å². The Morgan fingerprint density at radius 1 is 1.20 bits per heavy atom. The van der Waals surface area contributed by atoms with Crippen LogP contribution in [0.1, 0.15) is 5.56 Å². The van der Waals surface area contributed by atoms with Crippen molar-refractivity contribution in [3.05, 3.63) is 42.1 Å². The highest BCUT2D eigenvalue weighted by Gasteiger charge is 2.28. The zero-order valence-corrected chi connectivity index (χ0v) is 17.7. The Morgan fingerprint density at radius 3 is 2.70 bits per heavy atom. The smallest absolute Gasteiger partial charge is 0.175 e. The van der Waals surface area contributed by atoms with Crippen molar-refractivity contribution in [3.8, 4) is 5.75 Å². The van der Waals surface area contributed by atoms with Crippen molar-refractivity contribution in [2.24, 2.45) is 0 Å². The van der Waals surface area contributed by atoms with Gasteiger partial charge in [0, 0.05) is 12.3 Å². The fraction of sp³-hybridized carbons (Fsp3) is 0.364. The predicted octanol–water partition coefficient (Wildman–Crippen LogP) is 2.60. The van der Waals surface area contributed by atoms with E-state index in [1.807, 2.05) is 41.9 Å². The third-order valence-electron chi connectivity index (χ3n) is 5.74. The molecule has 1 saturated heterocycles. The minimum atomic E-state index is 0.165. The molecule has 3 aromatic rings. The first-order valence-electron chi connectivity index (χ1n) is 10.2. The molecule has 1 aliphatic rings. The highest BCUT2D eigenvalue weighted by Crippen LogP contribution is 2.37. The van der Waals surface area contributed by atoms with E-state index in [2.05, 4.69) is 29.6 Å². The first-order valence-corrected chi connectivity index (χ1v) is 10.2. The van der Waals surface area contributed by atoms with Gasteiger partial charge in [0.05, 0.1) is 63.7 Å². The number of pyridine rings is 1. The van der Waals surface area contributed by atoms with E-state index in [-0.39, 0.29) is 12.3 Å². The molecule has 0 saturated carbocycles. The first kappa shape index (κ1) is 20.0. The average molecular weight is 410 g/mol. The number of aryl methyl sites for hydroxylation is 1. The van der Waals surface area contributed by atoms with Crippen LogP contribution in [-0.2, 0) is 4.79 Å². The molecule has 30 heavy (non-hydrogen) atoms. The van der Waals surface area contributed by atoms with Gasteiger partial charge in [-0.15, -0.1) is 5.10 Å². The van der Waals surface area contributed by atoms with E-state index in [4.69, 9.17) is 5.10 Å². The Hall–Kier alpha value is -3.26. The number of rotatable bonds is 6. The van der Waals surface area contributed by atoms with E-state index in [1.54, 1.807) is 6.07 Å². The number of anilines is 4. The summed E-state index contributed by atoms with van der Waals surface area (Å²) in [5.41, 5.74) is 4.10. The largest absolute Gasteiger partial charge is 0.508 e. The highest BCUT2D eigenvalue weighted by molar-refractivity contribution is 5.90. The summed E-state index contributed by atoms with van der Waals surface area (Å²) in [6.07, 6.45) is 2.75. The molecule has 2 aromatic heterocycles. The van der Waals surface area contributed by atoms with E-state index in [0.717, 1.165) is 65.2 Å². The van der Waals surface area contributed by atoms with Gasteiger partial charge in [-0.3, -0.25) is 0 Å². The Balaban J connectivity index is 1.76. The van der Waals surface area contributed by atoms with Gasteiger partial charge in [-0.2, -0.15) is 0 Å². The Morgan fingerprint density at radius 2 is 1.97 bits per heavy atom. The fourth-order valence-electron chi connectivity index (χ4n) is 3.78. The molecule has 0 unspecified atom stereocenters. The summed E-state index contributed by atoms with van der Waals surface area (Å²) in [5.74, 6) is 1.10. The molecule has 3 heterocycles. The lowest BCUT2D eigenvalue weighted by Crippen LogP contribution is -2.55. The molecule has 0 atom stereocenters. The van der Waals surface area contributed by atoms with Crippen molar-refractivity contribution < 1.29 is 14.4 Å². The summed E-state index contributed by atoms with van der Waals surface area (Å²) >= 11 is 0. The summed E-state index contributed by atoms with van der Waals surface area (Å²) in [6, 6.07) is 9.53. The summed E-state index contributed by atoms with van der Waals surface area (Å²) in [6.45, 7) is 5.98. The third kappa shape index (κ3) is 3.91. The van der Waals surface area contributed by atoms with Crippen LogP contribution in [0.4, 0.5) is 22.9 Å². The normalized spacial score (nSPS) is 15.9. The monoisotopic (exact) mass is 409 g/mol. The number of nitrogens with one attached hydrogen (secondary N) is 2. The number of benzene rings is 1. The van der Waals surface area contributed by atoms with Gasteiger partial charge in [0.15, 0.2) is 5.82 Å². The molecule has 0 spiro atoms. The van der Waals surface area contributed by atoms with E-state index >= 15 is 0 Å². The number of phenols is 1. The van der Waals surface area contributed by atoms with Crippen LogP contribution in [0.3, 0.4) is 0 Å². The summed E-state index contributed by atoms with van der Waals surface area (Å²) < 4.78 is 2.89. The maximum Gasteiger partial charge on any atom is 0.175 e. The number of fused-ring (bicyclic) bond motifs is 1. The van der Waals surface area contributed by atoms with Crippen LogP contribution in [0, 0.1) is 6.92 Å². The first-order chi connectivity index (χ1) is 14.4. The zero-order chi connectivity index (χ0) is 21.3. The van der Waals surface area contributed by atoms with Crippen LogP contribution < -0.4 is 15.5 Å². The minimum absolute atomic E-state index is 0.165. The maximum absolute atomic E-state index is 10.9. The Labute approximate surface area is 176 Å². The lowest BCUT2D eigenvalue weighted by Gasteiger charge is -2.39. The van der Waals surface area contributed by atoms with Gasteiger partial charge in [0.25, 0.3) is 0 Å². The van der Waals surface area contributed by atoms with E-state index in [1.165, 1.54) is 0 Å². The number of hydrogen-bond donors (Lipinski definition) is 3. The zero-order valence-electron chi connectivity index (χ0n) is 17.7. The number of aromatic hydroxyl groups is 1. The molecule has 158 valence electrons. The fourth-order valence-corrected chi connectivity index (χ4v) is 3.78. The topological polar surface area (TPSA) is 81.9 Å². The number of nitrogens with zero attached hydrogens (tertiary/aromatic N) is 4. The highest BCUT2D eigenvalue weighted by atomic mass is 16.3. The van der Waals surface area contributed by atoms with Crippen molar-refractivity contribution in [1.82, 2.24) is 9.61 Å². The number of phenolic OH excluding ortho intramolecular Hbond substituents is 1.